The molecule has 4 rings (SSSR count). The third kappa shape index (κ3) is 6.39. The van der Waals surface area contributed by atoms with Gasteiger partial charge in [0, 0.05) is 29.6 Å². The number of fused-ring (bicyclic) bond motifs is 1. The Morgan fingerprint density at radius 2 is 1.97 bits per heavy atom. The first kappa shape index (κ1) is 24.7. The van der Waals surface area contributed by atoms with Crippen molar-refractivity contribution in [3.8, 4) is 11.9 Å². The molecule has 2 amide bonds. The van der Waals surface area contributed by atoms with Gasteiger partial charge in [-0.15, -0.1) is 0 Å². The van der Waals surface area contributed by atoms with E-state index >= 15 is 0 Å². The maximum Gasteiger partial charge on any atom is 0.325 e. The van der Waals surface area contributed by atoms with Crippen molar-refractivity contribution < 1.29 is 14.3 Å². The number of hydrogen-bond acceptors (Lipinski definition) is 8. The standard InChI is InChI=1S/C25H32N6O3S/c1-16(2)8-7-10-17-9-5-6-11-18(17)26-23(32)30-25-27-19-12-13-31(15-20(19)35-25)21-14-22(33-3)29-24(28-21)34-4/h5-6,9,11,14,16H,7-8,10,12-13,15H2,1-4H3,(H2,26,27,30,32). The molecule has 3 heterocycles. The number of aromatic nitrogens is 3. The van der Waals surface area contributed by atoms with E-state index in [1.165, 1.54) is 18.4 Å². The van der Waals surface area contributed by atoms with Crippen LogP contribution in [0.3, 0.4) is 0 Å². The summed E-state index contributed by atoms with van der Waals surface area (Å²) in [5.41, 5.74) is 2.99. The molecule has 1 aromatic carbocycles. The van der Waals surface area contributed by atoms with Crippen molar-refractivity contribution in [2.75, 3.05) is 36.3 Å². The summed E-state index contributed by atoms with van der Waals surface area (Å²) in [6.07, 6.45) is 3.95. The summed E-state index contributed by atoms with van der Waals surface area (Å²) in [4.78, 5) is 29.2. The van der Waals surface area contributed by atoms with Crippen LogP contribution in [0, 0.1) is 5.92 Å². The molecule has 0 saturated carbocycles. The number of thiazole rings is 1. The molecule has 1 aliphatic heterocycles. The predicted octanol–water partition coefficient (Wildman–Crippen LogP) is 5.14. The van der Waals surface area contributed by atoms with Crippen molar-refractivity contribution in [2.45, 2.75) is 46.1 Å². The molecule has 0 bridgehead atoms. The highest BCUT2D eigenvalue weighted by molar-refractivity contribution is 7.15. The molecular formula is C25H32N6O3S. The number of para-hydroxylation sites is 1. The van der Waals surface area contributed by atoms with E-state index in [4.69, 9.17) is 9.47 Å². The smallest absolute Gasteiger partial charge is 0.325 e. The van der Waals surface area contributed by atoms with E-state index in [1.54, 1.807) is 13.2 Å². The third-order valence-electron chi connectivity index (χ3n) is 5.83. The molecule has 3 aromatic rings. The number of nitrogens with one attached hydrogen (secondary N) is 2. The number of carbonyl (C=O) groups is 1. The lowest BCUT2D eigenvalue weighted by atomic mass is 10.0. The Kier molecular flexibility index (Phi) is 8.02. The maximum atomic E-state index is 12.7. The maximum absolute atomic E-state index is 12.7. The van der Waals surface area contributed by atoms with E-state index in [-0.39, 0.29) is 12.0 Å². The summed E-state index contributed by atoms with van der Waals surface area (Å²) >= 11 is 1.48. The summed E-state index contributed by atoms with van der Waals surface area (Å²) in [5.74, 6) is 1.85. The highest BCUT2D eigenvalue weighted by atomic mass is 32.1. The number of ether oxygens (including phenoxy) is 2. The van der Waals surface area contributed by atoms with Gasteiger partial charge < -0.3 is 19.7 Å². The molecule has 2 N–H and O–H groups in total. The second-order valence-electron chi connectivity index (χ2n) is 8.84. The topological polar surface area (TPSA) is 102 Å². The number of carbonyl (C=O) groups excluding carboxylic acids is 1. The first-order valence-electron chi connectivity index (χ1n) is 11.8. The predicted molar refractivity (Wildman–Crippen MR) is 139 cm³/mol. The van der Waals surface area contributed by atoms with Crippen LogP contribution in [0.25, 0.3) is 0 Å². The van der Waals surface area contributed by atoms with Crippen LogP contribution >= 0.6 is 11.3 Å². The number of urea groups is 1. The Morgan fingerprint density at radius 3 is 2.74 bits per heavy atom. The Hall–Kier alpha value is -3.40. The van der Waals surface area contributed by atoms with Crippen molar-refractivity contribution in [3.63, 3.8) is 0 Å². The largest absolute Gasteiger partial charge is 0.481 e. The van der Waals surface area contributed by atoms with Gasteiger partial charge >= 0.3 is 12.0 Å². The van der Waals surface area contributed by atoms with Gasteiger partial charge in [0.1, 0.15) is 5.82 Å². The molecule has 0 unspecified atom stereocenters. The number of amides is 2. The lowest BCUT2D eigenvalue weighted by molar-refractivity contribution is 0.262. The molecule has 0 radical (unpaired) electrons. The molecule has 0 atom stereocenters. The van der Waals surface area contributed by atoms with Crippen LogP contribution in [-0.2, 0) is 19.4 Å². The Bertz CT molecular complexity index is 1140. The minimum absolute atomic E-state index is 0.262. The molecule has 0 aliphatic carbocycles. The van der Waals surface area contributed by atoms with E-state index in [0.717, 1.165) is 59.9 Å². The van der Waals surface area contributed by atoms with Crippen molar-refractivity contribution >= 4 is 34.0 Å². The fourth-order valence-electron chi connectivity index (χ4n) is 4.01. The van der Waals surface area contributed by atoms with Crippen molar-refractivity contribution in [3.05, 3.63) is 46.5 Å². The number of hydrogen-bond donors (Lipinski definition) is 2. The third-order valence-corrected chi connectivity index (χ3v) is 6.83. The molecule has 10 heteroatoms. The van der Waals surface area contributed by atoms with E-state index < -0.39 is 0 Å². The number of anilines is 3. The van der Waals surface area contributed by atoms with E-state index in [9.17, 15) is 4.79 Å². The van der Waals surface area contributed by atoms with Gasteiger partial charge in [0.15, 0.2) is 5.13 Å². The van der Waals surface area contributed by atoms with Gasteiger partial charge in [0.2, 0.25) is 5.88 Å². The second-order valence-corrected chi connectivity index (χ2v) is 9.92. The second kappa shape index (κ2) is 11.4. The SMILES string of the molecule is COc1cc(N2CCc3nc(NC(=O)Nc4ccccc4CCCC(C)C)sc3C2)nc(OC)n1. The summed E-state index contributed by atoms with van der Waals surface area (Å²) in [7, 11) is 3.10. The number of benzene rings is 1. The van der Waals surface area contributed by atoms with Gasteiger partial charge in [-0.1, -0.05) is 49.8 Å². The minimum atomic E-state index is -0.283. The van der Waals surface area contributed by atoms with Crippen LogP contribution < -0.4 is 25.0 Å². The number of aryl methyl sites for hydroxylation is 1. The summed E-state index contributed by atoms with van der Waals surface area (Å²) in [6, 6.07) is 9.74. The number of rotatable bonds is 9. The van der Waals surface area contributed by atoms with Crippen molar-refractivity contribution in [2.24, 2.45) is 5.92 Å². The monoisotopic (exact) mass is 496 g/mol. The van der Waals surface area contributed by atoms with E-state index in [1.807, 2.05) is 18.2 Å². The quantitative estimate of drug-likeness (QED) is 0.423. The number of nitrogens with zero attached hydrogens (tertiary/aromatic N) is 4. The van der Waals surface area contributed by atoms with Gasteiger partial charge in [-0.2, -0.15) is 9.97 Å². The molecule has 1 aliphatic rings. The van der Waals surface area contributed by atoms with Gasteiger partial charge in [-0.25, -0.2) is 9.78 Å². The zero-order valence-electron chi connectivity index (χ0n) is 20.6. The summed E-state index contributed by atoms with van der Waals surface area (Å²) in [6.45, 7) is 5.84. The molecule has 0 saturated heterocycles. The van der Waals surface area contributed by atoms with Crippen LogP contribution in [0.2, 0.25) is 0 Å². The summed E-state index contributed by atoms with van der Waals surface area (Å²) < 4.78 is 10.5. The first-order valence-corrected chi connectivity index (χ1v) is 12.6. The average molecular weight is 497 g/mol. The fraction of sp³-hybridized carbons (Fsp3) is 0.440. The zero-order valence-corrected chi connectivity index (χ0v) is 21.4. The van der Waals surface area contributed by atoms with Crippen LogP contribution in [0.15, 0.2) is 30.3 Å². The minimum Gasteiger partial charge on any atom is -0.481 e. The van der Waals surface area contributed by atoms with Crippen LogP contribution in [0.4, 0.5) is 21.4 Å². The average Bonchev–Trinajstić information content (AvgIpc) is 3.25. The Labute approximate surface area is 209 Å². The molecule has 186 valence electrons. The Balaban J connectivity index is 1.40. The molecule has 2 aromatic heterocycles. The lowest BCUT2D eigenvalue weighted by Crippen LogP contribution is -2.30. The normalized spacial score (nSPS) is 12.9. The Morgan fingerprint density at radius 1 is 1.14 bits per heavy atom. The lowest BCUT2D eigenvalue weighted by Gasteiger charge is -2.27. The van der Waals surface area contributed by atoms with Crippen LogP contribution in [-0.4, -0.2) is 41.7 Å². The fourth-order valence-corrected chi connectivity index (χ4v) is 5.03. The molecule has 9 nitrogen and oxygen atoms in total. The van der Waals surface area contributed by atoms with Gasteiger partial charge in [-0.3, -0.25) is 5.32 Å². The highest BCUT2D eigenvalue weighted by Gasteiger charge is 2.23. The van der Waals surface area contributed by atoms with E-state index in [2.05, 4.69) is 50.4 Å². The summed E-state index contributed by atoms with van der Waals surface area (Å²) in [5, 5.41) is 6.50. The molecule has 35 heavy (non-hydrogen) atoms. The molecular weight excluding hydrogens is 464 g/mol. The van der Waals surface area contributed by atoms with Gasteiger partial charge in [-0.05, 0) is 30.4 Å². The van der Waals surface area contributed by atoms with Gasteiger partial charge in [0.05, 0.1) is 26.5 Å². The first-order chi connectivity index (χ1) is 16.9. The van der Waals surface area contributed by atoms with Crippen LogP contribution in [0.1, 0.15) is 42.8 Å². The van der Waals surface area contributed by atoms with Gasteiger partial charge in [0.25, 0.3) is 0 Å². The molecule has 0 spiro atoms. The number of methoxy groups -OCH3 is 2. The zero-order chi connectivity index (χ0) is 24.8. The van der Waals surface area contributed by atoms with Crippen LogP contribution in [0.5, 0.6) is 11.9 Å². The van der Waals surface area contributed by atoms with E-state index in [0.29, 0.717) is 23.5 Å². The molecule has 0 fully saturated rings. The van der Waals surface area contributed by atoms with Crippen molar-refractivity contribution in [1.29, 1.82) is 0 Å². The highest BCUT2D eigenvalue weighted by Crippen LogP contribution is 2.32. The van der Waals surface area contributed by atoms with Crippen molar-refractivity contribution in [1.82, 2.24) is 15.0 Å².